The van der Waals surface area contributed by atoms with Gasteiger partial charge in [-0.1, -0.05) is 12.2 Å². The Hall–Kier alpha value is 0.806. The minimum absolute atomic E-state index is 0. The van der Waals surface area contributed by atoms with Gasteiger partial charge in [0.25, 0.3) is 0 Å². The van der Waals surface area contributed by atoms with Crippen LogP contribution in [0.15, 0.2) is 12.2 Å². The Kier molecular flexibility index (Phi) is 7.31. The van der Waals surface area contributed by atoms with E-state index < -0.39 is 5.97 Å². The van der Waals surface area contributed by atoms with Crippen molar-refractivity contribution in [3.63, 3.8) is 0 Å². The zero-order valence-electron chi connectivity index (χ0n) is 6.00. The molecule has 1 aliphatic carbocycles. The number of carbonyl (C=O) groups is 1. The first-order valence-electron chi connectivity index (χ1n) is 2.59. The van der Waals surface area contributed by atoms with Crippen LogP contribution in [0, 0.1) is 5.92 Å². The van der Waals surface area contributed by atoms with Gasteiger partial charge in [-0.15, -0.1) is 0 Å². The van der Waals surface area contributed by atoms with Crippen LogP contribution >= 0.6 is 0 Å². The second kappa shape index (κ2) is 5.46. The first kappa shape index (κ1) is 13.4. The molecule has 2 N–H and O–H groups in total. The molecule has 0 amide bonds. The van der Waals surface area contributed by atoms with Crippen LogP contribution < -0.4 is 51.4 Å². The molecular weight excluding hydrogens is 159 g/mol. The number of rotatable bonds is 1. The predicted molar refractivity (Wildman–Crippen MR) is 31.4 cm³/mol. The smallest absolute Gasteiger partial charge is 0.870 e. The van der Waals surface area contributed by atoms with Crippen molar-refractivity contribution < 1.29 is 66.8 Å². The monoisotopic (exact) mass is 168 g/mol. The van der Waals surface area contributed by atoms with Crippen LogP contribution in [0.4, 0.5) is 0 Å². The van der Waals surface area contributed by atoms with E-state index in [1.54, 1.807) is 0 Å². The molecule has 0 atom stereocenters. The van der Waals surface area contributed by atoms with Crippen molar-refractivity contribution in [2.45, 2.75) is 12.8 Å². The van der Waals surface area contributed by atoms with E-state index in [4.69, 9.17) is 5.11 Å². The van der Waals surface area contributed by atoms with Crippen molar-refractivity contribution in [3.8, 4) is 0 Å². The van der Waals surface area contributed by atoms with Crippen LogP contribution in [0.5, 0.6) is 0 Å². The summed E-state index contributed by atoms with van der Waals surface area (Å²) in [5.74, 6) is -0.806. The zero-order chi connectivity index (χ0) is 6.15. The summed E-state index contributed by atoms with van der Waals surface area (Å²) >= 11 is 0. The number of hydrogen-bond donors (Lipinski definition) is 1. The molecule has 1 aliphatic rings. The zero-order valence-corrected chi connectivity index (χ0v) is 9.12. The fourth-order valence-electron chi connectivity index (χ4n) is 0.812. The van der Waals surface area contributed by atoms with Gasteiger partial charge in [0.05, 0.1) is 5.92 Å². The molecule has 0 bridgehead atoms. The third-order valence-corrected chi connectivity index (χ3v) is 1.42. The molecule has 1 fully saturated rings. The summed E-state index contributed by atoms with van der Waals surface area (Å²) in [5, 5.41) is 8.31. The van der Waals surface area contributed by atoms with Crippen LogP contribution in [0.25, 0.3) is 0 Å². The van der Waals surface area contributed by atoms with Crippen LogP contribution in [-0.2, 0) is 4.79 Å². The van der Waals surface area contributed by atoms with Gasteiger partial charge in [-0.05, 0) is 12.8 Å². The standard InChI is InChI=1S/C6H8O2.K.H2O/c1-4-2-5(3-4)6(7)8;;/h5H,1-3H2,(H,7,8);;1H2/q;+1;/p-1. The molecule has 52 valence electrons. The summed E-state index contributed by atoms with van der Waals surface area (Å²) in [5.41, 5.74) is 1.07. The van der Waals surface area contributed by atoms with E-state index in [1.807, 2.05) is 0 Å². The minimum atomic E-state index is -0.683. The predicted octanol–water partition coefficient (Wildman–Crippen LogP) is -2.14. The molecule has 0 radical (unpaired) electrons. The van der Waals surface area contributed by atoms with Crippen molar-refractivity contribution in [1.82, 2.24) is 0 Å². The molecule has 4 heteroatoms. The van der Waals surface area contributed by atoms with Gasteiger partial charge in [0.2, 0.25) is 0 Å². The van der Waals surface area contributed by atoms with Gasteiger partial charge in [0.1, 0.15) is 0 Å². The van der Waals surface area contributed by atoms with Gasteiger partial charge in [0, 0.05) is 0 Å². The molecule has 10 heavy (non-hydrogen) atoms. The largest absolute Gasteiger partial charge is 1.00 e. The first-order chi connectivity index (χ1) is 3.70. The van der Waals surface area contributed by atoms with Crippen molar-refractivity contribution >= 4 is 5.97 Å². The Bertz CT molecular complexity index is 136. The fraction of sp³-hybridized carbons (Fsp3) is 0.500. The number of allylic oxidation sites excluding steroid dienone is 1. The molecule has 0 aromatic heterocycles. The molecule has 0 saturated heterocycles. The summed E-state index contributed by atoms with van der Waals surface area (Å²) in [7, 11) is 0. The van der Waals surface area contributed by atoms with Crippen molar-refractivity contribution in [3.05, 3.63) is 12.2 Å². The van der Waals surface area contributed by atoms with Gasteiger partial charge in [-0.3, -0.25) is 4.79 Å². The van der Waals surface area contributed by atoms with E-state index in [9.17, 15) is 4.79 Å². The summed E-state index contributed by atoms with van der Waals surface area (Å²) in [4.78, 5) is 10.1. The average molecular weight is 168 g/mol. The molecule has 0 spiro atoms. The van der Waals surface area contributed by atoms with Crippen LogP contribution in [0.1, 0.15) is 12.8 Å². The Morgan fingerprint density at radius 2 is 2.00 bits per heavy atom. The first-order valence-corrected chi connectivity index (χ1v) is 2.59. The summed E-state index contributed by atoms with van der Waals surface area (Å²) < 4.78 is 0. The number of aliphatic carboxylic acids is 1. The van der Waals surface area contributed by atoms with E-state index in [-0.39, 0.29) is 62.8 Å². The normalized spacial score (nSPS) is 16.2. The van der Waals surface area contributed by atoms with E-state index >= 15 is 0 Å². The maximum atomic E-state index is 10.1. The van der Waals surface area contributed by atoms with Crippen LogP contribution in [0.3, 0.4) is 0 Å². The van der Waals surface area contributed by atoms with Gasteiger partial charge in [-0.25, -0.2) is 0 Å². The Morgan fingerprint density at radius 3 is 2.10 bits per heavy atom. The van der Waals surface area contributed by atoms with Crippen molar-refractivity contribution in [2.75, 3.05) is 0 Å². The third kappa shape index (κ3) is 3.27. The fourth-order valence-corrected chi connectivity index (χ4v) is 0.812. The van der Waals surface area contributed by atoms with Crippen molar-refractivity contribution in [2.24, 2.45) is 5.92 Å². The molecule has 1 rings (SSSR count). The second-order valence-corrected chi connectivity index (χ2v) is 2.19. The van der Waals surface area contributed by atoms with E-state index in [0.717, 1.165) is 5.57 Å². The maximum absolute atomic E-state index is 10.1. The SMILES string of the molecule is C=C1CC(C(=O)O)C1.[K+].[OH-]. The summed E-state index contributed by atoms with van der Waals surface area (Å²) in [6.45, 7) is 3.63. The topological polar surface area (TPSA) is 67.3 Å². The van der Waals surface area contributed by atoms with E-state index in [1.165, 1.54) is 0 Å². The Labute approximate surface area is 102 Å². The molecule has 0 unspecified atom stereocenters. The molecule has 0 aliphatic heterocycles. The van der Waals surface area contributed by atoms with Crippen LogP contribution in [-0.4, -0.2) is 16.6 Å². The van der Waals surface area contributed by atoms with Gasteiger partial charge >= 0.3 is 57.4 Å². The average Bonchev–Trinajstić information content (AvgIpc) is 1.57. The van der Waals surface area contributed by atoms with Gasteiger partial charge < -0.3 is 10.6 Å². The van der Waals surface area contributed by atoms with E-state index in [2.05, 4.69) is 6.58 Å². The van der Waals surface area contributed by atoms with Crippen LogP contribution in [0.2, 0.25) is 0 Å². The molecule has 1 saturated carbocycles. The van der Waals surface area contributed by atoms with E-state index in [0.29, 0.717) is 12.8 Å². The maximum Gasteiger partial charge on any atom is 1.00 e. The van der Waals surface area contributed by atoms with Gasteiger partial charge in [-0.2, -0.15) is 0 Å². The molecule has 0 aromatic rings. The quantitative estimate of drug-likeness (QED) is 0.359. The van der Waals surface area contributed by atoms with Crippen molar-refractivity contribution in [1.29, 1.82) is 0 Å². The Balaban J connectivity index is 0. The summed E-state index contributed by atoms with van der Waals surface area (Å²) in [6.07, 6.45) is 1.38. The number of carboxylic acids is 1. The van der Waals surface area contributed by atoms with Gasteiger partial charge in [0.15, 0.2) is 0 Å². The second-order valence-electron chi connectivity index (χ2n) is 2.19. The Morgan fingerprint density at radius 1 is 1.60 bits per heavy atom. The number of hydrogen-bond acceptors (Lipinski definition) is 2. The third-order valence-electron chi connectivity index (χ3n) is 1.42. The minimum Gasteiger partial charge on any atom is -0.870 e. The molecule has 0 heterocycles. The number of carboxylic acid groups (broad SMARTS) is 1. The molecule has 0 aromatic carbocycles. The molecular formula is C6H9KO3. The molecule has 3 nitrogen and oxygen atoms in total. The summed E-state index contributed by atoms with van der Waals surface area (Å²) in [6, 6.07) is 0.